The van der Waals surface area contributed by atoms with Gasteiger partial charge in [-0.2, -0.15) is 0 Å². The van der Waals surface area contributed by atoms with Crippen LogP contribution in [0.3, 0.4) is 0 Å². The number of nitrogens with two attached hydrogens (primary N) is 1. The van der Waals surface area contributed by atoms with Crippen LogP contribution in [0.4, 0.5) is 5.82 Å². The molecule has 1 heterocycles. The molecule has 0 saturated carbocycles. The Morgan fingerprint density at radius 1 is 1.33 bits per heavy atom. The van der Waals surface area contributed by atoms with Gasteiger partial charge in [-0.05, 0) is 52.4 Å². The number of rotatable bonds is 6. The summed E-state index contributed by atoms with van der Waals surface area (Å²) in [6, 6.07) is 9.44. The normalized spacial score (nSPS) is 16.6. The van der Waals surface area contributed by atoms with Crippen LogP contribution in [-0.2, 0) is 21.2 Å². The van der Waals surface area contributed by atoms with E-state index in [1.165, 1.54) is 17.8 Å². The van der Waals surface area contributed by atoms with Crippen LogP contribution >= 0.6 is 15.9 Å². The van der Waals surface area contributed by atoms with Gasteiger partial charge in [-0.15, -0.1) is 0 Å². The molecule has 9 heteroatoms. The van der Waals surface area contributed by atoms with Crippen LogP contribution in [0.2, 0.25) is 0 Å². The van der Waals surface area contributed by atoms with E-state index in [1.54, 1.807) is 0 Å². The van der Waals surface area contributed by atoms with Crippen molar-refractivity contribution in [1.82, 2.24) is 15.0 Å². The van der Waals surface area contributed by atoms with Crippen molar-refractivity contribution in [3.05, 3.63) is 52.1 Å². The Balaban J connectivity index is 1.57. The van der Waals surface area contributed by atoms with E-state index >= 15 is 0 Å². The fraction of sp³-hybridized carbons (Fsp3) is 0.333. The Hall–Kier alpha value is -1.97. The Bertz CT molecular complexity index is 949. The number of sulfonamides is 1. The van der Waals surface area contributed by atoms with Crippen molar-refractivity contribution in [1.29, 1.82) is 0 Å². The molecule has 0 spiro atoms. The molecule has 0 radical (unpaired) electrons. The van der Waals surface area contributed by atoms with Crippen molar-refractivity contribution >= 4 is 37.7 Å². The lowest BCUT2D eigenvalue weighted by Crippen LogP contribution is -2.34. The zero-order valence-electron chi connectivity index (χ0n) is 14.6. The van der Waals surface area contributed by atoms with Gasteiger partial charge in [0.2, 0.25) is 15.9 Å². The molecule has 1 amide bonds. The van der Waals surface area contributed by atoms with E-state index in [-0.39, 0.29) is 35.6 Å². The highest BCUT2D eigenvalue weighted by Crippen LogP contribution is 2.29. The number of nitrogens with zero attached hydrogens (tertiary/aromatic N) is 1. The summed E-state index contributed by atoms with van der Waals surface area (Å²) in [5.74, 6) is -0.284. The summed E-state index contributed by atoms with van der Waals surface area (Å²) in [5, 5.41) is 3.00. The highest BCUT2D eigenvalue weighted by atomic mass is 79.9. The molecule has 1 atom stereocenters. The monoisotopic (exact) mass is 452 g/mol. The molecule has 0 fully saturated rings. The molecule has 1 aromatic heterocycles. The number of pyridine rings is 1. The molecule has 1 aliphatic carbocycles. The molecule has 0 aliphatic heterocycles. The molecule has 3 rings (SSSR count). The summed E-state index contributed by atoms with van der Waals surface area (Å²) < 4.78 is 27.6. The zero-order chi connectivity index (χ0) is 19.4. The number of nitrogen functional groups attached to an aromatic ring is 1. The molecule has 1 aliphatic rings. The highest BCUT2D eigenvalue weighted by Gasteiger charge is 2.22. The van der Waals surface area contributed by atoms with E-state index in [9.17, 15) is 13.2 Å². The van der Waals surface area contributed by atoms with Gasteiger partial charge in [0.05, 0.1) is 6.04 Å². The summed E-state index contributed by atoms with van der Waals surface area (Å²) in [7, 11) is -3.84. The number of amides is 1. The van der Waals surface area contributed by atoms with Gasteiger partial charge in [-0.3, -0.25) is 4.79 Å². The van der Waals surface area contributed by atoms with Crippen LogP contribution in [0.1, 0.15) is 36.4 Å². The second-order valence-corrected chi connectivity index (χ2v) is 9.05. The predicted octanol–water partition coefficient (Wildman–Crippen LogP) is 2.29. The number of fused-ring (bicyclic) bond motifs is 1. The largest absolute Gasteiger partial charge is 0.383 e. The Kier molecular flexibility index (Phi) is 6.13. The van der Waals surface area contributed by atoms with Crippen molar-refractivity contribution < 1.29 is 13.2 Å². The zero-order valence-corrected chi connectivity index (χ0v) is 17.0. The van der Waals surface area contributed by atoms with Crippen molar-refractivity contribution in [2.24, 2.45) is 0 Å². The predicted molar refractivity (Wildman–Crippen MR) is 106 cm³/mol. The van der Waals surface area contributed by atoms with Crippen molar-refractivity contribution in [3.63, 3.8) is 0 Å². The highest BCUT2D eigenvalue weighted by molar-refractivity contribution is 9.10. The molecule has 4 N–H and O–H groups in total. The van der Waals surface area contributed by atoms with E-state index < -0.39 is 10.0 Å². The molecule has 1 aromatic carbocycles. The van der Waals surface area contributed by atoms with Crippen molar-refractivity contribution in [2.75, 3.05) is 12.3 Å². The van der Waals surface area contributed by atoms with Crippen LogP contribution in [0.5, 0.6) is 0 Å². The van der Waals surface area contributed by atoms with Gasteiger partial charge in [0.15, 0.2) is 0 Å². The Labute approximate surface area is 166 Å². The van der Waals surface area contributed by atoms with Crippen molar-refractivity contribution in [3.8, 4) is 0 Å². The summed E-state index contributed by atoms with van der Waals surface area (Å²) >= 11 is 3.17. The van der Waals surface area contributed by atoms with Gasteiger partial charge in [0.25, 0.3) is 0 Å². The number of anilines is 1. The minimum atomic E-state index is -3.84. The Morgan fingerprint density at radius 3 is 2.93 bits per heavy atom. The third kappa shape index (κ3) is 4.85. The molecule has 2 aromatic rings. The third-order valence-electron chi connectivity index (χ3n) is 4.49. The summed E-state index contributed by atoms with van der Waals surface area (Å²) in [5.41, 5.74) is 8.05. The van der Waals surface area contributed by atoms with Crippen LogP contribution < -0.4 is 15.8 Å². The molecule has 0 bridgehead atoms. The number of hydrogen-bond acceptors (Lipinski definition) is 5. The van der Waals surface area contributed by atoms with Gasteiger partial charge < -0.3 is 11.1 Å². The summed E-state index contributed by atoms with van der Waals surface area (Å²) in [6.07, 6.45) is 4.38. The van der Waals surface area contributed by atoms with Crippen molar-refractivity contribution in [2.45, 2.75) is 36.6 Å². The number of aryl methyl sites for hydroxylation is 1. The number of carbonyl (C=O) groups is 1. The van der Waals surface area contributed by atoms with Gasteiger partial charge >= 0.3 is 0 Å². The number of benzene rings is 1. The quantitative estimate of drug-likeness (QED) is 0.621. The fourth-order valence-electron chi connectivity index (χ4n) is 3.19. The number of hydrogen-bond donors (Lipinski definition) is 3. The second-order valence-electron chi connectivity index (χ2n) is 6.40. The van der Waals surface area contributed by atoms with Crippen LogP contribution in [0.25, 0.3) is 0 Å². The maximum Gasteiger partial charge on any atom is 0.244 e. The molecule has 0 unspecified atom stereocenters. The van der Waals surface area contributed by atoms with Crippen LogP contribution in [-0.4, -0.2) is 25.9 Å². The van der Waals surface area contributed by atoms with E-state index in [4.69, 9.17) is 5.73 Å². The molecule has 7 nitrogen and oxygen atoms in total. The van der Waals surface area contributed by atoms with Crippen LogP contribution in [0.15, 0.2) is 45.9 Å². The third-order valence-corrected chi connectivity index (χ3v) is 6.41. The van der Waals surface area contributed by atoms with Gasteiger partial charge in [-0.1, -0.05) is 24.3 Å². The first kappa shape index (κ1) is 19.8. The van der Waals surface area contributed by atoms with E-state index in [0.717, 1.165) is 24.8 Å². The molecule has 144 valence electrons. The standard InChI is InChI=1S/C18H21BrN4O3S/c19-13-10-16(18(20)21-11-13)27(25,26)22-9-8-17(24)23-15-7-3-5-12-4-1-2-6-14(12)15/h1-2,4,6,10-11,15,22H,3,5,7-9H2,(H2,20,21)(H,23,24)/t15-/m1/s1. The lowest BCUT2D eigenvalue weighted by atomic mass is 9.88. The second kappa shape index (κ2) is 8.37. The first-order valence-corrected chi connectivity index (χ1v) is 10.9. The van der Waals surface area contributed by atoms with Gasteiger partial charge in [0, 0.05) is 23.6 Å². The SMILES string of the molecule is Nc1ncc(Br)cc1S(=O)(=O)NCCC(=O)N[C@@H]1CCCc2ccccc21. The average Bonchev–Trinajstić information content (AvgIpc) is 2.64. The lowest BCUT2D eigenvalue weighted by molar-refractivity contribution is -0.121. The van der Waals surface area contributed by atoms with Crippen LogP contribution in [0, 0.1) is 0 Å². The number of carbonyl (C=O) groups excluding carboxylic acids is 1. The topological polar surface area (TPSA) is 114 Å². The van der Waals surface area contributed by atoms with E-state index in [2.05, 4.69) is 37.0 Å². The maximum absolute atomic E-state index is 12.4. The minimum absolute atomic E-state index is 0.0194. The van der Waals surface area contributed by atoms with E-state index in [0.29, 0.717) is 4.47 Å². The molecule has 27 heavy (non-hydrogen) atoms. The first-order chi connectivity index (χ1) is 12.9. The molecular weight excluding hydrogens is 432 g/mol. The summed E-state index contributed by atoms with van der Waals surface area (Å²) in [4.78, 5) is 16.0. The summed E-state index contributed by atoms with van der Waals surface area (Å²) in [6.45, 7) is -0.0194. The average molecular weight is 453 g/mol. The fourth-order valence-corrected chi connectivity index (χ4v) is 4.81. The Morgan fingerprint density at radius 2 is 2.11 bits per heavy atom. The molecule has 0 saturated heterocycles. The number of aromatic nitrogens is 1. The van der Waals surface area contributed by atoms with E-state index in [1.807, 2.05) is 18.2 Å². The van der Waals surface area contributed by atoms with Gasteiger partial charge in [0.1, 0.15) is 10.7 Å². The van der Waals surface area contributed by atoms with Gasteiger partial charge in [-0.25, -0.2) is 18.1 Å². The number of halogens is 1. The maximum atomic E-state index is 12.4. The smallest absolute Gasteiger partial charge is 0.244 e. The number of nitrogens with one attached hydrogen (secondary N) is 2. The first-order valence-electron chi connectivity index (χ1n) is 8.64. The molecular formula is C18H21BrN4O3S. The minimum Gasteiger partial charge on any atom is -0.383 e. The lowest BCUT2D eigenvalue weighted by Gasteiger charge is -2.26.